The highest BCUT2D eigenvalue weighted by Crippen LogP contribution is 2.29. The fourth-order valence-corrected chi connectivity index (χ4v) is 1.44. The SMILES string of the molecule is C=C([C@H](C)O)N1CCC(O)C(F)(F)C1. The normalized spacial score (nSPS) is 28.6. The van der Waals surface area contributed by atoms with Crippen molar-refractivity contribution in [2.75, 3.05) is 13.1 Å². The van der Waals surface area contributed by atoms with Crippen LogP contribution in [0.5, 0.6) is 0 Å². The van der Waals surface area contributed by atoms with E-state index in [1.165, 1.54) is 11.8 Å². The van der Waals surface area contributed by atoms with E-state index in [2.05, 4.69) is 6.58 Å². The number of aliphatic hydroxyl groups is 2. The molecular formula is C9H15F2NO2. The Morgan fingerprint density at radius 1 is 1.64 bits per heavy atom. The van der Waals surface area contributed by atoms with Gasteiger partial charge in [0.15, 0.2) is 0 Å². The smallest absolute Gasteiger partial charge is 0.290 e. The summed E-state index contributed by atoms with van der Waals surface area (Å²) in [5, 5.41) is 18.2. The summed E-state index contributed by atoms with van der Waals surface area (Å²) in [4.78, 5) is 1.32. The Hall–Kier alpha value is -0.680. The van der Waals surface area contributed by atoms with Gasteiger partial charge >= 0.3 is 0 Å². The quantitative estimate of drug-likeness (QED) is 0.696. The average molecular weight is 207 g/mol. The van der Waals surface area contributed by atoms with Gasteiger partial charge in [-0.2, -0.15) is 0 Å². The Balaban J connectivity index is 2.64. The minimum Gasteiger partial charge on any atom is -0.387 e. The van der Waals surface area contributed by atoms with Crippen LogP contribution >= 0.6 is 0 Å². The van der Waals surface area contributed by atoms with Gasteiger partial charge in [0.1, 0.15) is 6.10 Å². The predicted octanol–water partition coefficient (Wildman–Crippen LogP) is 0.583. The zero-order chi connectivity index (χ0) is 10.9. The molecule has 82 valence electrons. The molecule has 0 aromatic carbocycles. The molecule has 3 nitrogen and oxygen atoms in total. The number of nitrogens with zero attached hydrogens (tertiary/aromatic N) is 1. The maximum absolute atomic E-state index is 13.1. The first kappa shape index (κ1) is 11.4. The first-order valence-corrected chi connectivity index (χ1v) is 4.52. The van der Waals surface area contributed by atoms with Crippen LogP contribution in [0.4, 0.5) is 8.78 Å². The fraction of sp³-hybridized carbons (Fsp3) is 0.778. The van der Waals surface area contributed by atoms with Crippen molar-refractivity contribution in [3.63, 3.8) is 0 Å². The lowest BCUT2D eigenvalue weighted by atomic mass is 10.0. The molecule has 1 saturated heterocycles. The maximum atomic E-state index is 13.1. The Morgan fingerprint density at radius 3 is 2.64 bits per heavy atom. The Kier molecular flexibility index (Phi) is 3.11. The molecule has 0 aromatic heterocycles. The average Bonchev–Trinajstić information content (AvgIpc) is 2.08. The second-order valence-corrected chi connectivity index (χ2v) is 3.65. The minimum atomic E-state index is -3.12. The molecule has 0 saturated carbocycles. The number of likely N-dealkylation sites (tertiary alicyclic amines) is 1. The van der Waals surface area contributed by atoms with Crippen LogP contribution in [0.2, 0.25) is 0 Å². The summed E-state index contributed by atoms with van der Waals surface area (Å²) in [7, 11) is 0. The van der Waals surface area contributed by atoms with Crippen molar-refractivity contribution in [1.82, 2.24) is 4.90 Å². The third kappa shape index (κ3) is 2.22. The Morgan fingerprint density at radius 2 is 2.21 bits per heavy atom. The van der Waals surface area contributed by atoms with Gasteiger partial charge < -0.3 is 15.1 Å². The zero-order valence-electron chi connectivity index (χ0n) is 8.08. The Labute approximate surface area is 81.6 Å². The standard InChI is InChI=1S/C9H15F2NO2/c1-6(7(2)13)12-4-3-8(14)9(10,11)5-12/h7-8,13-14H,1,3-5H2,2H3/t7-,8?/m0/s1. The van der Waals surface area contributed by atoms with Crippen LogP contribution in [0.15, 0.2) is 12.3 Å². The van der Waals surface area contributed by atoms with Crippen molar-refractivity contribution < 1.29 is 19.0 Å². The van der Waals surface area contributed by atoms with Gasteiger partial charge in [0.25, 0.3) is 5.92 Å². The van der Waals surface area contributed by atoms with Crippen molar-refractivity contribution >= 4 is 0 Å². The molecule has 1 rings (SSSR count). The molecule has 1 fully saturated rings. The van der Waals surface area contributed by atoms with Gasteiger partial charge in [0, 0.05) is 12.2 Å². The highest BCUT2D eigenvalue weighted by molar-refractivity contribution is 5.03. The molecule has 1 aliphatic rings. The van der Waals surface area contributed by atoms with E-state index in [-0.39, 0.29) is 12.1 Å². The van der Waals surface area contributed by atoms with Gasteiger partial charge in [-0.15, -0.1) is 0 Å². The lowest BCUT2D eigenvalue weighted by Crippen LogP contribution is -2.51. The predicted molar refractivity (Wildman–Crippen MR) is 48.0 cm³/mol. The lowest BCUT2D eigenvalue weighted by molar-refractivity contribution is -0.146. The molecule has 14 heavy (non-hydrogen) atoms. The molecular weight excluding hydrogens is 192 g/mol. The van der Waals surface area contributed by atoms with Crippen LogP contribution in [0.1, 0.15) is 13.3 Å². The minimum absolute atomic E-state index is 0.00125. The van der Waals surface area contributed by atoms with E-state index in [1.54, 1.807) is 0 Å². The van der Waals surface area contributed by atoms with E-state index >= 15 is 0 Å². The molecule has 5 heteroatoms. The molecule has 2 atom stereocenters. The van der Waals surface area contributed by atoms with Gasteiger partial charge in [0.2, 0.25) is 0 Å². The molecule has 1 unspecified atom stereocenters. The van der Waals surface area contributed by atoms with E-state index in [0.717, 1.165) is 0 Å². The summed E-state index contributed by atoms with van der Waals surface area (Å²) in [6, 6.07) is 0. The van der Waals surface area contributed by atoms with Crippen LogP contribution in [0.25, 0.3) is 0 Å². The Bertz CT molecular complexity index is 231. The monoisotopic (exact) mass is 207 g/mol. The highest BCUT2D eigenvalue weighted by Gasteiger charge is 2.44. The molecule has 0 radical (unpaired) electrons. The third-order valence-electron chi connectivity index (χ3n) is 2.45. The molecule has 0 aliphatic carbocycles. The van der Waals surface area contributed by atoms with Gasteiger partial charge in [-0.1, -0.05) is 6.58 Å². The van der Waals surface area contributed by atoms with Crippen molar-refractivity contribution in [3.8, 4) is 0 Å². The molecule has 1 heterocycles. The molecule has 1 aliphatic heterocycles. The van der Waals surface area contributed by atoms with E-state index in [4.69, 9.17) is 10.2 Å². The maximum Gasteiger partial charge on any atom is 0.290 e. The number of aliphatic hydroxyl groups excluding tert-OH is 2. The topological polar surface area (TPSA) is 43.7 Å². The first-order valence-electron chi connectivity index (χ1n) is 4.52. The lowest BCUT2D eigenvalue weighted by Gasteiger charge is -2.38. The number of hydrogen-bond acceptors (Lipinski definition) is 3. The van der Waals surface area contributed by atoms with E-state index < -0.39 is 24.7 Å². The first-order chi connectivity index (χ1) is 6.34. The van der Waals surface area contributed by atoms with Gasteiger partial charge in [0.05, 0.1) is 12.6 Å². The molecule has 0 spiro atoms. The second-order valence-electron chi connectivity index (χ2n) is 3.65. The summed E-state index contributed by atoms with van der Waals surface area (Å²) in [6.45, 7) is 4.74. The van der Waals surface area contributed by atoms with Crippen LogP contribution in [-0.2, 0) is 0 Å². The molecule has 0 bridgehead atoms. The van der Waals surface area contributed by atoms with Crippen molar-refractivity contribution in [2.45, 2.75) is 31.5 Å². The van der Waals surface area contributed by atoms with Crippen LogP contribution in [0.3, 0.4) is 0 Å². The zero-order valence-corrected chi connectivity index (χ0v) is 8.08. The molecule has 2 N–H and O–H groups in total. The van der Waals surface area contributed by atoms with E-state index in [1.807, 2.05) is 0 Å². The van der Waals surface area contributed by atoms with Gasteiger partial charge in [-0.05, 0) is 13.3 Å². The van der Waals surface area contributed by atoms with Crippen molar-refractivity contribution in [1.29, 1.82) is 0 Å². The summed E-state index contributed by atoms with van der Waals surface area (Å²) in [5.41, 5.74) is 0.275. The fourth-order valence-electron chi connectivity index (χ4n) is 1.44. The second kappa shape index (κ2) is 3.82. The summed E-state index contributed by atoms with van der Waals surface area (Å²) in [5.74, 6) is -3.12. The summed E-state index contributed by atoms with van der Waals surface area (Å²) in [6.07, 6.45) is -2.42. The van der Waals surface area contributed by atoms with Crippen LogP contribution in [-0.4, -0.2) is 46.3 Å². The van der Waals surface area contributed by atoms with Crippen molar-refractivity contribution in [3.05, 3.63) is 12.3 Å². The number of alkyl halides is 2. The van der Waals surface area contributed by atoms with Gasteiger partial charge in [-0.25, -0.2) is 8.78 Å². The number of hydrogen-bond donors (Lipinski definition) is 2. The van der Waals surface area contributed by atoms with Crippen LogP contribution in [0, 0.1) is 0 Å². The molecule has 0 amide bonds. The molecule has 0 aromatic rings. The van der Waals surface area contributed by atoms with Crippen molar-refractivity contribution in [2.24, 2.45) is 0 Å². The van der Waals surface area contributed by atoms with Crippen LogP contribution < -0.4 is 0 Å². The number of rotatable bonds is 2. The third-order valence-corrected chi connectivity index (χ3v) is 2.45. The van der Waals surface area contributed by atoms with Gasteiger partial charge in [-0.3, -0.25) is 0 Å². The summed E-state index contributed by atoms with van der Waals surface area (Å²) < 4.78 is 26.1. The van der Waals surface area contributed by atoms with E-state index in [0.29, 0.717) is 6.54 Å². The largest absolute Gasteiger partial charge is 0.387 e. The van der Waals surface area contributed by atoms with E-state index in [9.17, 15) is 8.78 Å². The number of piperidine rings is 1. The highest BCUT2D eigenvalue weighted by atomic mass is 19.3. The number of halogens is 2. The summed E-state index contributed by atoms with van der Waals surface area (Å²) >= 11 is 0.